The van der Waals surface area contributed by atoms with Crippen LogP contribution in [0.15, 0.2) is 48.7 Å². The van der Waals surface area contributed by atoms with Crippen LogP contribution in [0.3, 0.4) is 0 Å². The molecule has 0 bridgehead atoms. The van der Waals surface area contributed by atoms with Gasteiger partial charge in [-0.2, -0.15) is 0 Å². The predicted octanol–water partition coefficient (Wildman–Crippen LogP) is 4.21. The van der Waals surface area contributed by atoms with Crippen molar-refractivity contribution in [1.82, 2.24) is 33.9 Å². The minimum atomic E-state index is -1.15. The highest BCUT2D eigenvalue weighted by Gasteiger charge is 2.30. The molecule has 244 valence electrons. The number of methoxy groups -OCH3 is 1. The van der Waals surface area contributed by atoms with Gasteiger partial charge in [0.1, 0.15) is 23.1 Å². The largest absolute Gasteiger partial charge is 0.494 e. The molecular weight excluding hydrogens is 599 g/mol. The average Bonchev–Trinajstić information content (AvgIpc) is 3.72. The summed E-state index contributed by atoms with van der Waals surface area (Å²) in [5.41, 5.74) is 11.9. The maximum atomic E-state index is 14.3. The smallest absolute Gasteiger partial charge is 0.254 e. The van der Waals surface area contributed by atoms with E-state index in [2.05, 4.69) is 21.7 Å². The molecule has 12 heteroatoms. The lowest BCUT2D eigenvalue weighted by atomic mass is 10.0. The number of hydrogen-bond donors (Lipinski definition) is 1. The van der Waals surface area contributed by atoms with E-state index < -0.39 is 12.2 Å². The van der Waals surface area contributed by atoms with E-state index in [4.69, 9.17) is 20.4 Å². The first kappa shape index (κ1) is 30.8. The molecule has 1 aliphatic heterocycles. The van der Waals surface area contributed by atoms with Crippen molar-refractivity contribution in [2.45, 2.75) is 44.4 Å². The van der Waals surface area contributed by atoms with E-state index in [0.29, 0.717) is 35.0 Å². The number of piperidine rings is 1. The Morgan fingerprint density at radius 2 is 1.89 bits per heavy atom. The first-order valence-corrected chi connectivity index (χ1v) is 16.0. The molecule has 2 fully saturated rings. The summed E-state index contributed by atoms with van der Waals surface area (Å²) in [7, 11) is 6.98. The zero-order chi connectivity index (χ0) is 33.0. The number of likely N-dealkylation sites (N-methyl/N-ethyl adjacent to an activating group) is 1. The number of nitrogens with two attached hydrogens (primary N) is 1. The number of carbonyl (C=O) groups is 2. The number of imidazole rings is 1. The summed E-state index contributed by atoms with van der Waals surface area (Å²) in [6, 6.07) is 13.0. The summed E-state index contributed by atoms with van der Waals surface area (Å²) in [6.45, 7) is 1.13. The Morgan fingerprint density at radius 1 is 1.09 bits per heavy atom. The molecule has 2 atom stereocenters. The van der Waals surface area contributed by atoms with Gasteiger partial charge in [-0.3, -0.25) is 14.6 Å². The zero-order valence-electron chi connectivity index (χ0n) is 27.1. The van der Waals surface area contributed by atoms with Crippen LogP contribution in [0, 0.1) is 5.92 Å². The van der Waals surface area contributed by atoms with Gasteiger partial charge in [0.15, 0.2) is 5.82 Å². The van der Waals surface area contributed by atoms with Crippen LogP contribution in [0.2, 0.25) is 0 Å². The molecule has 4 aromatic heterocycles. The third-order valence-corrected chi connectivity index (χ3v) is 9.18. The highest BCUT2D eigenvalue weighted by Crippen LogP contribution is 2.38. The van der Waals surface area contributed by atoms with Crippen LogP contribution in [0.1, 0.15) is 35.3 Å². The fourth-order valence-electron chi connectivity index (χ4n) is 6.45. The van der Waals surface area contributed by atoms with Crippen molar-refractivity contribution >= 4 is 33.9 Å². The minimum Gasteiger partial charge on any atom is -0.494 e. The number of hydrogen-bond acceptors (Lipinski definition) is 7. The van der Waals surface area contributed by atoms with E-state index in [1.807, 2.05) is 29.8 Å². The van der Waals surface area contributed by atoms with Gasteiger partial charge in [0, 0.05) is 68.7 Å². The Balaban J connectivity index is 1.27. The molecule has 0 radical (unpaired) electrons. The second kappa shape index (κ2) is 12.1. The van der Waals surface area contributed by atoms with E-state index in [1.54, 1.807) is 44.4 Å². The molecular formula is C35H39FN8O3. The molecule has 5 heterocycles. The average molecular weight is 639 g/mol. The molecule has 11 nitrogen and oxygen atoms in total. The number of likely N-dealkylation sites (tertiary alicyclic amines) is 1. The SMILES string of the molecule is COc1cc(C(=O)N2C[C@H](N)C[C@@H](F)C2)cc2nc(-c3cc4ccc(-c5ccc(CC(=O)N(C)C)nc5)nc4n3CC3CC3)n(C)c12. The molecule has 7 rings (SSSR count). The Hall–Kier alpha value is -4.84. The van der Waals surface area contributed by atoms with Crippen LogP contribution < -0.4 is 10.5 Å². The maximum Gasteiger partial charge on any atom is 0.254 e. The Labute approximate surface area is 272 Å². The molecule has 1 saturated carbocycles. The van der Waals surface area contributed by atoms with E-state index in [9.17, 15) is 14.0 Å². The molecule has 0 unspecified atom stereocenters. The number of aromatic nitrogens is 5. The highest BCUT2D eigenvalue weighted by atomic mass is 19.1. The number of aryl methyl sites for hydroxylation is 1. The number of rotatable bonds is 8. The molecule has 47 heavy (non-hydrogen) atoms. The van der Waals surface area contributed by atoms with Gasteiger partial charge in [0.2, 0.25) is 5.91 Å². The van der Waals surface area contributed by atoms with Gasteiger partial charge in [0.05, 0.1) is 37.0 Å². The summed E-state index contributed by atoms with van der Waals surface area (Å²) in [6.07, 6.45) is 3.45. The highest BCUT2D eigenvalue weighted by molar-refractivity contribution is 6.00. The van der Waals surface area contributed by atoms with Crippen molar-refractivity contribution < 1.29 is 18.7 Å². The molecule has 1 aliphatic carbocycles. The number of halogens is 1. The number of amides is 2. The third kappa shape index (κ3) is 5.93. The van der Waals surface area contributed by atoms with Gasteiger partial charge < -0.3 is 29.4 Å². The van der Waals surface area contributed by atoms with Crippen LogP contribution in [0.25, 0.3) is 44.8 Å². The van der Waals surface area contributed by atoms with Gasteiger partial charge in [-0.1, -0.05) is 0 Å². The lowest BCUT2D eigenvalue weighted by Gasteiger charge is -2.33. The summed E-state index contributed by atoms with van der Waals surface area (Å²) in [4.78, 5) is 43.3. The fourth-order valence-corrected chi connectivity index (χ4v) is 6.45. The first-order valence-electron chi connectivity index (χ1n) is 16.0. The van der Waals surface area contributed by atoms with E-state index in [0.717, 1.165) is 58.7 Å². The lowest BCUT2D eigenvalue weighted by molar-refractivity contribution is -0.128. The third-order valence-electron chi connectivity index (χ3n) is 9.18. The van der Waals surface area contributed by atoms with Gasteiger partial charge in [0.25, 0.3) is 5.91 Å². The standard InChI is InChI=1S/C35H39FN8O3/c1-41(2)31(45)15-26-9-7-22(16-38-26)27-10-8-21-12-29(44(33(21)39-27)17-20-5-6-20)34-40-28-11-23(13-30(47-4)32(28)42(34)3)35(46)43-18-24(36)14-25(37)19-43/h7-13,16,20,24-25H,5-6,14-15,17-19,37H2,1-4H3/t24-,25-/m1/s1. The van der Waals surface area contributed by atoms with Crippen molar-refractivity contribution in [3.05, 3.63) is 59.9 Å². The van der Waals surface area contributed by atoms with Crippen molar-refractivity contribution in [3.63, 3.8) is 0 Å². The van der Waals surface area contributed by atoms with E-state index in [-0.39, 0.29) is 31.2 Å². The van der Waals surface area contributed by atoms with Crippen LogP contribution >= 0.6 is 0 Å². The number of nitrogens with zero attached hydrogens (tertiary/aromatic N) is 7. The van der Waals surface area contributed by atoms with E-state index >= 15 is 0 Å². The number of carbonyl (C=O) groups excluding carboxylic acids is 2. The normalized spacial score (nSPS) is 18.2. The van der Waals surface area contributed by atoms with Crippen LogP contribution in [-0.2, 0) is 24.8 Å². The van der Waals surface area contributed by atoms with Gasteiger partial charge in [-0.25, -0.2) is 14.4 Å². The van der Waals surface area contributed by atoms with Crippen molar-refractivity contribution in [3.8, 4) is 28.5 Å². The zero-order valence-corrected chi connectivity index (χ0v) is 27.1. The second-order valence-electron chi connectivity index (χ2n) is 13.0. The van der Waals surface area contributed by atoms with Crippen LogP contribution in [-0.4, -0.2) is 92.2 Å². The lowest BCUT2D eigenvalue weighted by Crippen LogP contribution is -2.50. The van der Waals surface area contributed by atoms with E-state index in [1.165, 1.54) is 4.90 Å². The summed E-state index contributed by atoms with van der Waals surface area (Å²) in [5.74, 6) is 1.51. The Kier molecular flexibility index (Phi) is 7.91. The van der Waals surface area contributed by atoms with Crippen molar-refractivity contribution in [1.29, 1.82) is 0 Å². The molecule has 1 saturated heterocycles. The quantitative estimate of drug-likeness (QED) is 0.270. The molecule has 2 N–H and O–H groups in total. The van der Waals surface area contributed by atoms with Gasteiger partial charge in [-0.05, 0) is 67.6 Å². The first-order chi connectivity index (χ1) is 22.6. The number of alkyl halides is 1. The van der Waals surface area contributed by atoms with Gasteiger partial charge in [-0.15, -0.1) is 0 Å². The topological polar surface area (TPSA) is 124 Å². The molecule has 2 aliphatic rings. The maximum absolute atomic E-state index is 14.3. The number of ether oxygens (including phenoxy) is 1. The Bertz CT molecular complexity index is 1990. The second-order valence-corrected chi connectivity index (χ2v) is 13.0. The van der Waals surface area contributed by atoms with Gasteiger partial charge >= 0.3 is 0 Å². The fraction of sp³-hybridized carbons (Fsp3) is 0.400. The summed E-state index contributed by atoms with van der Waals surface area (Å²) >= 11 is 0. The van der Waals surface area contributed by atoms with Crippen molar-refractivity contribution in [2.75, 3.05) is 34.3 Å². The predicted molar refractivity (Wildman–Crippen MR) is 178 cm³/mol. The number of fused-ring (bicyclic) bond motifs is 2. The minimum absolute atomic E-state index is 0.000656. The number of benzene rings is 1. The Morgan fingerprint density at radius 3 is 2.57 bits per heavy atom. The van der Waals surface area contributed by atoms with Crippen LogP contribution in [0.4, 0.5) is 4.39 Å². The molecule has 5 aromatic rings. The monoisotopic (exact) mass is 638 g/mol. The molecule has 2 amide bonds. The molecule has 0 spiro atoms. The molecule has 1 aromatic carbocycles. The van der Waals surface area contributed by atoms with Crippen LogP contribution in [0.5, 0.6) is 5.75 Å². The summed E-state index contributed by atoms with van der Waals surface area (Å²) in [5, 5.41) is 0.989. The summed E-state index contributed by atoms with van der Waals surface area (Å²) < 4.78 is 24.3. The number of pyridine rings is 2. The van der Waals surface area contributed by atoms with Crippen molar-refractivity contribution in [2.24, 2.45) is 18.7 Å².